The highest BCUT2D eigenvalue weighted by atomic mass is 14.7. The molecule has 0 saturated heterocycles. The summed E-state index contributed by atoms with van der Waals surface area (Å²) in [7, 11) is 0. The van der Waals surface area contributed by atoms with Crippen LogP contribution in [0.1, 0.15) is 16.7 Å². The molecule has 1 heterocycles. The summed E-state index contributed by atoms with van der Waals surface area (Å²) in [4.78, 5) is 4.38. The van der Waals surface area contributed by atoms with Crippen LogP contribution in [0.2, 0.25) is 0 Å². The number of pyridine rings is 1. The third-order valence-corrected chi connectivity index (χ3v) is 2.85. The second kappa shape index (κ2) is 4.79. The number of rotatable bonds is 3. The fourth-order valence-corrected chi connectivity index (χ4v) is 1.98. The zero-order valence-electron chi connectivity index (χ0n) is 9.98. The van der Waals surface area contributed by atoms with Crippen molar-refractivity contribution in [2.45, 2.75) is 6.92 Å². The average molecular weight is 221 g/mol. The number of hydrogen-bond donors (Lipinski definition) is 0. The molecule has 0 fully saturated rings. The van der Waals surface area contributed by atoms with E-state index in [0.717, 1.165) is 22.4 Å². The molecule has 0 bridgehead atoms. The predicted molar refractivity (Wildman–Crippen MR) is 74.6 cm³/mol. The largest absolute Gasteiger partial charge is 0.256 e. The zero-order chi connectivity index (χ0) is 12.3. The van der Waals surface area contributed by atoms with Gasteiger partial charge in [0.25, 0.3) is 0 Å². The lowest BCUT2D eigenvalue weighted by Gasteiger charge is -2.11. The molecule has 1 aromatic carbocycles. The van der Waals surface area contributed by atoms with E-state index in [1.54, 1.807) is 6.20 Å². The van der Waals surface area contributed by atoms with E-state index in [0.29, 0.717) is 0 Å². The van der Waals surface area contributed by atoms with Gasteiger partial charge >= 0.3 is 0 Å². The van der Waals surface area contributed by atoms with Gasteiger partial charge in [0, 0.05) is 11.8 Å². The minimum absolute atomic E-state index is 0.963. The Morgan fingerprint density at radius 3 is 2.35 bits per heavy atom. The van der Waals surface area contributed by atoms with Crippen molar-refractivity contribution in [2.24, 2.45) is 0 Å². The van der Waals surface area contributed by atoms with Crippen molar-refractivity contribution in [1.82, 2.24) is 4.98 Å². The Morgan fingerprint density at radius 2 is 1.76 bits per heavy atom. The maximum atomic E-state index is 4.38. The van der Waals surface area contributed by atoms with Gasteiger partial charge in [0.15, 0.2) is 0 Å². The lowest BCUT2D eigenvalue weighted by Crippen LogP contribution is -1.92. The molecular weight excluding hydrogens is 206 g/mol. The zero-order valence-corrected chi connectivity index (χ0v) is 9.98. The number of aromatic nitrogens is 1. The van der Waals surface area contributed by atoms with Crippen LogP contribution in [0.3, 0.4) is 0 Å². The van der Waals surface area contributed by atoms with Crippen molar-refractivity contribution in [3.63, 3.8) is 0 Å². The summed E-state index contributed by atoms with van der Waals surface area (Å²) in [5.41, 5.74) is 5.49. The molecule has 2 aromatic rings. The van der Waals surface area contributed by atoms with E-state index in [1.807, 2.05) is 30.4 Å². The molecule has 2 rings (SSSR count). The SMILES string of the molecule is C=Cc1c(C)ccc(-c2ccccn2)c1C=C. The lowest BCUT2D eigenvalue weighted by molar-refractivity contribution is 1.31. The third kappa shape index (κ3) is 2.04. The Kier molecular flexibility index (Phi) is 3.20. The van der Waals surface area contributed by atoms with Gasteiger partial charge in [-0.1, -0.05) is 43.5 Å². The van der Waals surface area contributed by atoms with Crippen LogP contribution in [-0.4, -0.2) is 4.98 Å². The summed E-state index contributed by atoms with van der Waals surface area (Å²) in [6.45, 7) is 9.83. The van der Waals surface area contributed by atoms with Gasteiger partial charge in [-0.2, -0.15) is 0 Å². The maximum absolute atomic E-state index is 4.38. The number of benzene rings is 1. The Hall–Kier alpha value is -2.15. The summed E-state index contributed by atoms with van der Waals surface area (Å²) in [6, 6.07) is 10.1. The number of nitrogens with zero attached hydrogens (tertiary/aromatic N) is 1. The van der Waals surface area contributed by atoms with E-state index in [9.17, 15) is 0 Å². The van der Waals surface area contributed by atoms with Crippen LogP contribution in [-0.2, 0) is 0 Å². The fourth-order valence-electron chi connectivity index (χ4n) is 1.98. The Labute approximate surface area is 102 Å². The van der Waals surface area contributed by atoms with Crippen molar-refractivity contribution in [2.75, 3.05) is 0 Å². The molecule has 0 spiro atoms. The molecule has 0 aliphatic heterocycles. The van der Waals surface area contributed by atoms with Crippen LogP contribution in [0, 0.1) is 6.92 Å². The molecule has 0 saturated carbocycles. The van der Waals surface area contributed by atoms with Crippen molar-refractivity contribution < 1.29 is 0 Å². The quantitative estimate of drug-likeness (QED) is 0.751. The predicted octanol–water partition coefficient (Wildman–Crippen LogP) is 4.34. The van der Waals surface area contributed by atoms with E-state index in [1.165, 1.54) is 5.56 Å². The number of hydrogen-bond acceptors (Lipinski definition) is 1. The minimum Gasteiger partial charge on any atom is -0.256 e. The van der Waals surface area contributed by atoms with Gasteiger partial charge in [-0.25, -0.2) is 0 Å². The topological polar surface area (TPSA) is 12.9 Å². The molecule has 1 aromatic heterocycles. The van der Waals surface area contributed by atoms with Crippen molar-refractivity contribution in [1.29, 1.82) is 0 Å². The van der Waals surface area contributed by atoms with E-state index >= 15 is 0 Å². The second-order valence-electron chi connectivity index (χ2n) is 3.88. The molecule has 0 aliphatic carbocycles. The smallest absolute Gasteiger partial charge is 0.0708 e. The summed E-state index contributed by atoms with van der Waals surface area (Å²) in [5, 5.41) is 0. The Balaban J connectivity index is 2.71. The Bertz CT molecular complexity index is 553. The normalized spacial score (nSPS) is 9.94. The van der Waals surface area contributed by atoms with E-state index in [2.05, 4.69) is 37.2 Å². The maximum Gasteiger partial charge on any atom is 0.0708 e. The number of aryl methyl sites for hydroxylation is 1. The molecule has 1 heteroatoms. The molecule has 0 N–H and O–H groups in total. The fraction of sp³-hybridized carbons (Fsp3) is 0.0625. The first kappa shape index (κ1) is 11.3. The van der Waals surface area contributed by atoms with E-state index < -0.39 is 0 Å². The minimum atomic E-state index is 0.963. The standard InChI is InChI=1S/C16H15N/c1-4-13-12(3)9-10-15(14(13)5-2)16-8-6-7-11-17-16/h4-11H,1-2H2,3H3. The molecule has 0 amide bonds. The van der Waals surface area contributed by atoms with Crippen molar-refractivity contribution in [3.8, 4) is 11.3 Å². The highest BCUT2D eigenvalue weighted by Gasteiger charge is 2.08. The summed E-state index contributed by atoms with van der Waals surface area (Å²) in [6.07, 6.45) is 5.54. The van der Waals surface area contributed by atoms with E-state index in [4.69, 9.17) is 0 Å². The third-order valence-electron chi connectivity index (χ3n) is 2.85. The summed E-state index contributed by atoms with van der Waals surface area (Å²) in [5.74, 6) is 0. The van der Waals surface area contributed by atoms with Gasteiger partial charge in [0.05, 0.1) is 5.69 Å². The van der Waals surface area contributed by atoms with Gasteiger partial charge < -0.3 is 0 Å². The van der Waals surface area contributed by atoms with Crippen LogP contribution in [0.4, 0.5) is 0 Å². The van der Waals surface area contributed by atoms with E-state index in [-0.39, 0.29) is 0 Å². The van der Waals surface area contributed by atoms with Crippen LogP contribution < -0.4 is 0 Å². The van der Waals surface area contributed by atoms with Crippen LogP contribution in [0.25, 0.3) is 23.4 Å². The molecule has 1 nitrogen and oxygen atoms in total. The highest BCUT2D eigenvalue weighted by molar-refractivity contribution is 5.80. The summed E-state index contributed by atoms with van der Waals surface area (Å²) >= 11 is 0. The molecule has 0 radical (unpaired) electrons. The molecular formula is C16H15N. The van der Waals surface area contributed by atoms with Crippen molar-refractivity contribution >= 4 is 12.2 Å². The van der Waals surface area contributed by atoms with Crippen LogP contribution in [0.15, 0.2) is 49.7 Å². The molecule has 0 atom stereocenters. The van der Waals surface area contributed by atoms with Crippen LogP contribution in [0.5, 0.6) is 0 Å². The van der Waals surface area contributed by atoms with Gasteiger partial charge in [0.1, 0.15) is 0 Å². The molecule has 17 heavy (non-hydrogen) atoms. The molecule has 0 unspecified atom stereocenters. The van der Waals surface area contributed by atoms with Gasteiger partial charge in [-0.05, 0) is 35.7 Å². The van der Waals surface area contributed by atoms with Gasteiger partial charge in [0.2, 0.25) is 0 Å². The average Bonchev–Trinajstić information content (AvgIpc) is 2.39. The lowest BCUT2D eigenvalue weighted by atomic mass is 9.94. The Morgan fingerprint density at radius 1 is 1.00 bits per heavy atom. The summed E-state index contributed by atoms with van der Waals surface area (Å²) < 4.78 is 0. The van der Waals surface area contributed by atoms with Crippen molar-refractivity contribution in [3.05, 3.63) is 66.4 Å². The first-order chi connectivity index (χ1) is 8.27. The molecule has 0 aliphatic rings. The van der Waals surface area contributed by atoms with Gasteiger partial charge in [-0.15, -0.1) is 0 Å². The molecule has 84 valence electrons. The second-order valence-corrected chi connectivity index (χ2v) is 3.88. The first-order valence-electron chi connectivity index (χ1n) is 5.58. The van der Waals surface area contributed by atoms with Crippen LogP contribution >= 0.6 is 0 Å². The highest BCUT2D eigenvalue weighted by Crippen LogP contribution is 2.28. The first-order valence-corrected chi connectivity index (χ1v) is 5.58. The monoisotopic (exact) mass is 221 g/mol. The van der Waals surface area contributed by atoms with Gasteiger partial charge in [-0.3, -0.25) is 4.98 Å².